The van der Waals surface area contributed by atoms with Crippen LogP contribution in [0, 0.1) is 0 Å². The van der Waals surface area contributed by atoms with Crippen LogP contribution < -0.4 is 0 Å². The third-order valence-electron chi connectivity index (χ3n) is 7.15. The highest BCUT2D eigenvalue weighted by molar-refractivity contribution is 5.40. The largest absolute Gasteiger partial charge is 0.391 e. The van der Waals surface area contributed by atoms with Crippen molar-refractivity contribution < 1.29 is 5.11 Å². The van der Waals surface area contributed by atoms with Crippen LogP contribution >= 0.6 is 0 Å². The Hall–Kier alpha value is -1.68. The van der Waals surface area contributed by atoms with Gasteiger partial charge in [0.15, 0.2) is 0 Å². The first-order chi connectivity index (χ1) is 13.4. The summed E-state index contributed by atoms with van der Waals surface area (Å²) in [5.74, 6) is 0. The van der Waals surface area contributed by atoms with E-state index in [0.29, 0.717) is 12.1 Å². The first-order valence-corrected chi connectivity index (χ1v) is 10.7. The first kappa shape index (κ1) is 19.6. The molecule has 0 aliphatic carbocycles. The molecule has 2 bridgehead atoms. The van der Waals surface area contributed by atoms with E-state index in [-0.39, 0.29) is 10.8 Å². The Labute approximate surface area is 170 Å². The number of benzene rings is 2. The van der Waals surface area contributed by atoms with Crippen molar-refractivity contribution in [1.82, 2.24) is 9.80 Å². The molecular weight excluding hydrogens is 344 g/mol. The van der Waals surface area contributed by atoms with Gasteiger partial charge in [-0.15, -0.1) is 0 Å². The summed E-state index contributed by atoms with van der Waals surface area (Å²) in [6.45, 7) is 12.7. The zero-order valence-corrected chi connectivity index (χ0v) is 17.7. The molecule has 2 aromatic carbocycles. The number of fused-ring (bicyclic) bond motifs is 2. The van der Waals surface area contributed by atoms with E-state index in [4.69, 9.17) is 0 Å². The maximum absolute atomic E-state index is 12.0. The zero-order chi connectivity index (χ0) is 19.9. The second-order valence-corrected chi connectivity index (χ2v) is 9.44. The number of rotatable bonds is 4. The monoisotopic (exact) mass is 378 g/mol. The van der Waals surface area contributed by atoms with E-state index in [1.807, 2.05) is 0 Å². The van der Waals surface area contributed by atoms with Crippen LogP contribution in [0.15, 0.2) is 60.7 Å². The number of nitrogens with zero attached hydrogens (tertiary/aromatic N) is 2. The average Bonchev–Trinajstić information content (AvgIpc) is 2.69. The second kappa shape index (κ2) is 7.29. The molecule has 4 rings (SSSR count). The SMILES string of the molecule is CC(C)N1CC2(c3ccccc3)CN(C(C)C)CC(c3ccccc3)(C1)C2O. The molecule has 0 saturated carbocycles. The molecule has 150 valence electrons. The normalized spacial score (nSPS) is 31.5. The van der Waals surface area contributed by atoms with Crippen LogP contribution in [0.5, 0.6) is 0 Å². The van der Waals surface area contributed by atoms with E-state index < -0.39 is 6.10 Å². The van der Waals surface area contributed by atoms with Crippen LogP contribution in [-0.4, -0.2) is 59.3 Å². The molecule has 2 aliphatic rings. The van der Waals surface area contributed by atoms with Crippen LogP contribution in [0.1, 0.15) is 38.8 Å². The van der Waals surface area contributed by atoms with Crippen molar-refractivity contribution >= 4 is 0 Å². The Kier molecular flexibility index (Phi) is 5.11. The molecule has 0 atom stereocenters. The molecule has 3 nitrogen and oxygen atoms in total. The maximum Gasteiger partial charge on any atom is 0.0782 e. The summed E-state index contributed by atoms with van der Waals surface area (Å²) < 4.78 is 0. The van der Waals surface area contributed by atoms with Crippen molar-refractivity contribution in [2.24, 2.45) is 0 Å². The third-order valence-corrected chi connectivity index (χ3v) is 7.15. The van der Waals surface area contributed by atoms with Gasteiger partial charge in [0.1, 0.15) is 0 Å². The van der Waals surface area contributed by atoms with Crippen molar-refractivity contribution in [1.29, 1.82) is 0 Å². The lowest BCUT2D eigenvalue weighted by atomic mass is 9.56. The Bertz CT molecular complexity index is 707. The Morgan fingerprint density at radius 2 is 1.00 bits per heavy atom. The fourth-order valence-corrected chi connectivity index (χ4v) is 5.49. The quantitative estimate of drug-likeness (QED) is 0.879. The van der Waals surface area contributed by atoms with Gasteiger partial charge in [-0.2, -0.15) is 0 Å². The van der Waals surface area contributed by atoms with Gasteiger partial charge in [-0.05, 0) is 38.8 Å². The standard InChI is InChI=1S/C25H34N2O/c1-19(2)26-15-24(21-11-7-5-8-12-21)17-27(20(3)4)18-25(16-26,23(24)28)22-13-9-6-10-14-22/h5-14,19-20,23,28H,15-18H2,1-4H3. The minimum absolute atomic E-state index is 0.290. The lowest BCUT2D eigenvalue weighted by Crippen LogP contribution is -2.76. The molecule has 1 N–H and O–H groups in total. The van der Waals surface area contributed by atoms with E-state index >= 15 is 0 Å². The minimum atomic E-state index is -0.408. The van der Waals surface area contributed by atoms with Crippen molar-refractivity contribution in [3.8, 4) is 0 Å². The molecule has 0 amide bonds. The molecule has 0 radical (unpaired) electrons. The topological polar surface area (TPSA) is 26.7 Å². The molecule has 3 heteroatoms. The summed E-state index contributed by atoms with van der Waals surface area (Å²) >= 11 is 0. The molecule has 2 fully saturated rings. The minimum Gasteiger partial charge on any atom is -0.391 e. The van der Waals surface area contributed by atoms with Gasteiger partial charge in [0.25, 0.3) is 0 Å². The lowest BCUT2D eigenvalue weighted by Gasteiger charge is -2.63. The van der Waals surface area contributed by atoms with Gasteiger partial charge in [0, 0.05) is 49.1 Å². The van der Waals surface area contributed by atoms with Gasteiger partial charge >= 0.3 is 0 Å². The molecule has 2 aliphatic heterocycles. The van der Waals surface area contributed by atoms with E-state index in [2.05, 4.69) is 98.2 Å². The van der Waals surface area contributed by atoms with Gasteiger partial charge in [0.2, 0.25) is 0 Å². The van der Waals surface area contributed by atoms with Gasteiger partial charge in [-0.25, -0.2) is 0 Å². The van der Waals surface area contributed by atoms with Crippen LogP contribution in [-0.2, 0) is 10.8 Å². The summed E-state index contributed by atoms with van der Waals surface area (Å²) in [4.78, 5) is 5.18. The van der Waals surface area contributed by atoms with Crippen molar-refractivity contribution in [3.05, 3.63) is 71.8 Å². The van der Waals surface area contributed by atoms with Crippen molar-refractivity contribution in [2.45, 2.75) is 56.7 Å². The Morgan fingerprint density at radius 1 is 0.679 bits per heavy atom. The van der Waals surface area contributed by atoms with Crippen LogP contribution in [0.25, 0.3) is 0 Å². The lowest BCUT2D eigenvalue weighted by molar-refractivity contribution is -0.129. The fraction of sp³-hybridized carbons (Fsp3) is 0.520. The summed E-state index contributed by atoms with van der Waals surface area (Å²) in [5, 5.41) is 12.0. The van der Waals surface area contributed by atoms with Gasteiger partial charge in [0.05, 0.1) is 6.10 Å². The molecule has 0 unspecified atom stereocenters. The predicted molar refractivity (Wildman–Crippen MR) is 116 cm³/mol. The van der Waals surface area contributed by atoms with E-state index in [0.717, 1.165) is 26.2 Å². The Balaban J connectivity index is 1.93. The van der Waals surface area contributed by atoms with E-state index in [1.165, 1.54) is 11.1 Å². The number of hydrogen-bond donors (Lipinski definition) is 1. The Morgan fingerprint density at radius 3 is 1.29 bits per heavy atom. The predicted octanol–water partition coefficient (Wildman–Crippen LogP) is 3.67. The van der Waals surface area contributed by atoms with Gasteiger partial charge in [-0.1, -0.05) is 60.7 Å². The summed E-state index contributed by atoms with van der Waals surface area (Å²) in [6.07, 6.45) is -0.408. The average molecular weight is 379 g/mol. The number of hydrogen-bond acceptors (Lipinski definition) is 3. The smallest absolute Gasteiger partial charge is 0.0782 e. The van der Waals surface area contributed by atoms with Crippen molar-refractivity contribution in [2.75, 3.05) is 26.2 Å². The van der Waals surface area contributed by atoms with Crippen LogP contribution in [0.2, 0.25) is 0 Å². The highest BCUT2D eigenvalue weighted by Gasteiger charge is 2.61. The third kappa shape index (κ3) is 3.01. The number of piperidine rings is 2. The van der Waals surface area contributed by atoms with E-state index in [1.54, 1.807) is 0 Å². The molecule has 28 heavy (non-hydrogen) atoms. The molecular formula is C25H34N2O. The van der Waals surface area contributed by atoms with Crippen LogP contribution in [0.4, 0.5) is 0 Å². The first-order valence-electron chi connectivity index (χ1n) is 10.7. The summed E-state index contributed by atoms with van der Waals surface area (Å²) in [5.41, 5.74) is 1.95. The zero-order valence-electron chi connectivity index (χ0n) is 17.7. The van der Waals surface area contributed by atoms with Crippen molar-refractivity contribution in [3.63, 3.8) is 0 Å². The van der Waals surface area contributed by atoms with E-state index in [9.17, 15) is 5.11 Å². The fourth-order valence-electron chi connectivity index (χ4n) is 5.49. The molecule has 2 saturated heterocycles. The molecule has 2 aromatic rings. The van der Waals surface area contributed by atoms with Crippen LogP contribution in [0.3, 0.4) is 0 Å². The number of aliphatic hydroxyl groups is 1. The highest BCUT2D eigenvalue weighted by atomic mass is 16.3. The molecule has 0 spiro atoms. The summed E-state index contributed by atoms with van der Waals surface area (Å²) in [6, 6.07) is 22.4. The number of aliphatic hydroxyl groups excluding tert-OH is 1. The number of likely N-dealkylation sites (tertiary alicyclic amines) is 2. The highest BCUT2D eigenvalue weighted by Crippen LogP contribution is 2.50. The maximum atomic E-state index is 12.0. The molecule has 2 heterocycles. The molecule has 0 aromatic heterocycles. The van der Waals surface area contributed by atoms with Gasteiger partial charge < -0.3 is 5.11 Å². The van der Waals surface area contributed by atoms with Gasteiger partial charge in [-0.3, -0.25) is 9.80 Å². The second-order valence-electron chi connectivity index (χ2n) is 9.44. The summed E-state index contributed by atoms with van der Waals surface area (Å²) in [7, 11) is 0.